The second-order valence-corrected chi connectivity index (χ2v) is 24.7. The van der Waals surface area contributed by atoms with Crippen LogP contribution in [0.4, 0.5) is 51.2 Å². The third-order valence-corrected chi connectivity index (χ3v) is 15.5. The molecule has 4 heteroatoms. The topological polar surface area (TPSA) is 9.72 Å². The average molecular weight is 964 g/mol. The molecule has 9 aromatic rings. The standard InChI is InChI=1S/C70H70BN3/c1-67(2,3)49-31-37-53(38-32-49)72-62-41-35-51(69(7,8)9)43-58(62)71-59-44-52(70(10,11)12)36-42-63(59)73(54-39-33-50(34-40-54)68(4,5)6)65-46-55(45-64(72)66(65)71)74(60-29-21-19-27-56(60)47-23-15-13-16-24-47)61-30-22-20-28-57(61)48-25-17-14-18-26-48/h13-46H,1-12H3. The third kappa shape index (κ3) is 8.72. The Balaban J connectivity index is 1.30. The van der Waals surface area contributed by atoms with Gasteiger partial charge in [-0.3, -0.25) is 0 Å². The van der Waals surface area contributed by atoms with Crippen molar-refractivity contribution in [3.63, 3.8) is 0 Å². The summed E-state index contributed by atoms with van der Waals surface area (Å²) in [6.07, 6.45) is 0. The van der Waals surface area contributed by atoms with E-state index in [9.17, 15) is 0 Å². The van der Waals surface area contributed by atoms with Gasteiger partial charge in [0.15, 0.2) is 0 Å². The number of benzene rings is 9. The van der Waals surface area contributed by atoms with Crippen molar-refractivity contribution in [2.45, 2.75) is 105 Å². The molecule has 0 saturated heterocycles. The molecule has 0 fully saturated rings. The lowest BCUT2D eigenvalue weighted by Gasteiger charge is -2.46. The van der Waals surface area contributed by atoms with Crippen molar-refractivity contribution in [2.24, 2.45) is 0 Å². The van der Waals surface area contributed by atoms with Crippen LogP contribution < -0.4 is 31.1 Å². The number of anilines is 9. The third-order valence-electron chi connectivity index (χ3n) is 15.5. The molecule has 2 heterocycles. The van der Waals surface area contributed by atoms with Crippen molar-refractivity contribution in [2.75, 3.05) is 14.7 Å². The Kier molecular flexibility index (Phi) is 11.9. The lowest BCUT2D eigenvalue weighted by atomic mass is 9.33. The molecule has 11 rings (SSSR count). The fourth-order valence-electron chi connectivity index (χ4n) is 11.3. The van der Waals surface area contributed by atoms with E-state index in [2.05, 4.69) is 304 Å². The lowest BCUT2D eigenvalue weighted by Crippen LogP contribution is -2.61. The van der Waals surface area contributed by atoms with E-state index in [0.29, 0.717) is 0 Å². The summed E-state index contributed by atoms with van der Waals surface area (Å²) < 4.78 is 0. The number of hydrogen-bond donors (Lipinski definition) is 0. The number of nitrogens with zero attached hydrogens (tertiary/aromatic N) is 3. The van der Waals surface area contributed by atoms with Crippen molar-refractivity contribution < 1.29 is 0 Å². The van der Waals surface area contributed by atoms with Crippen LogP contribution in [0.2, 0.25) is 0 Å². The number of rotatable bonds is 7. The van der Waals surface area contributed by atoms with Gasteiger partial charge in [0.05, 0.1) is 17.1 Å². The Labute approximate surface area is 442 Å². The zero-order valence-electron chi connectivity index (χ0n) is 45.5. The zero-order chi connectivity index (χ0) is 51.9. The summed E-state index contributed by atoms with van der Waals surface area (Å²) in [5, 5.41) is 0. The highest BCUT2D eigenvalue weighted by Gasteiger charge is 2.45. The quantitative estimate of drug-likeness (QED) is 0.147. The predicted molar refractivity (Wildman–Crippen MR) is 321 cm³/mol. The van der Waals surface area contributed by atoms with Gasteiger partial charge in [-0.05, 0) is 132 Å². The van der Waals surface area contributed by atoms with Crippen molar-refractivity contribution >= 4 is 74.3 Å². The molecule has 3 nitrogen and oxygen atoms in total. The first-order chi connectivity index (χ1) is 35.3. The molecule has 0 spiro atoms. The Morgan fingerprint density at radius 3 is 1.03 bits per heavy atom. The van der Waals surface area contributed by atoms with E-state index in [1.54, 1.807) is 0 Å². The first kappa shape index (κ1) is 48.7. The fourth-order valence-corrected chi connectivity index (χ4v) is 11.3. The summed E-state index contributed by atoms with van der Waals surface area (Å²) in [5.74, 6) is 0. The highest BCUT2D eigenvalue weighted by atomic mass is 15.2. The van der Waals surface area contributed by atoms with Crippen LogP contribution in [-0.4, -0.2) is 6.71 Å². The van der Waals surface area contributed by atoms with Gasteiger partial charge in [-0.1, -0.05) is 229 Å². The summed E-state index contributed by atoms with van der Waals surface area (Å²) in [7, 11) is 0. The number of para-hydroxylation sites is 2. The van der Waals surface area contributed by atoms with Gasteiger partial charge in [0, 0.05) is 45.3 Å². The van der Waals surface area contributed by atoms with E-state index in [-0.39, 0.29) is 28.4 Å². The SMILES string of the molecule is CC(C)(C)c1ccc(N2c3ccc(C(C)(C)C)cc3B3c4cc(C(C)(C)C)ccc4N(c4ccc(C(C)(C)C)cc4)c4cc(N(c5ccccc5-c5ccccc5)c5ccccc5-c5ccccc5)cc2c43)cc1. The number of hydrogen-bond acceptors (Lipinski definition) is 3. The molecule has 0 atom stereocenters. The van der Waals surface area contributed by atoms with Crippen molar-refractivity contribution in [3.05, 3.63) is 229 Å². The van der Waals surface area contributed by atoms with Crippen molar-refractivity contribution in [1.82, 2.24) is 0 Å². The van der Waals surface area contributed by atoms with Gasteiger partial charge in [0.1, 0.15) is 0 Å². The van der Waals surface area contributed by atoms with Gasteiger partial charge in [-0.2, -0.15) is 0 Å². The maximum atomic E-state index is 2.58. The predicted octanol–water partition coefficient (Wildman–Crippen LogP) is 17.8. The minimum atomic E-state index is -0.0639. The van der Waals surface area contributed by atoms with Crippen LogP contribution in [0.15, 0.2) is 206 Å². The molecule has 74 heavy (non-hydrogen) atoms. The van der Waals surface area contributed by atoms with Gasteiger partial charge in [0.2, 0.25) is 0 Å². The smallest absolute Gasteiger partial charge is 0.252 e. The fraction of sp³-hybridized carbons (Fsp3) is 0.229. The molecular formula is C70H70BN3. The van der Waals surface area contributed by atoms with Crippen LogP contribution in [0.25, 0.3) is 22.3 Å². The highest BCUT2D eigenvalue weighted by molar-refractivity contribution is 7.00. The van der Waals surface area contributed by atoms with Gasteiger partial charge in [-0.25, -0.2) is 0 Å². The van der Waals surface area contributed by atoms with E-state index in [1.807, 2.05) is 0 Å². The maximum absolute atomic E-state index is 2.58. The first-order valence-electron chi connectivity index (χ1n) is 26.6. The zero-order valence-corrected chi connectivity index (χ0v) is 45.5. The molecule has 0 unspecified atom stereocenters. The molecule has 0 amide bonds. The summed E-state index contributed by atoms with van der Waals surface area (Å²) in [5.41, 5.74) is 24.1. The van der Waals surface area contributed by atoms with Gasteiger partial charge >= 0.3 is 0 Å². The maximum Gasteiger partial charge on any atom is 0.252 e. The molecule has 0 aromatic heterocycles. The lowest BCUT2D eigenvalue weighted by molar-refractivity contribution is 0.590. The Morgan fingerprint density at radius 1 is 0.324 bits per heavy atom. The summed E-state index contributed by atoms with van der Waals surface area (Å²) in [4.78, 5) is 7.70. The minimum Gasteiger partial charge on any atom is -0.311 e. The van der Waals surface area contributed by atoms with Crippen molar-refractivity contribution in [1.29, 1.82) is 0 Å². The van der Waals surface area contributed by atoms with Crippen LogP contribution in [-0.2, 0) is 21.7 Å². The normalized spacial score (nSPS) is 13.3. The highest BCUT2D eigenvalue weighted by Crippen LogP contribution is 2.51. The molecule has 0 aliphatic carbocycles. The van der Waals surface area contributed by atoms with Crippen LogP contribution >= 0.6 is 0 Å². The van der Waals surface area contributed by atoms with E-state index < -0.39 is 0 Å². The van der Waals surface area contributed by atoms with E-state index in [1.165, 1.54) is 61.4 Å². The summed E-state index contributed by atoms with van der Waals surface area (Å²) in [6.45, 7) is 27.8. The largest absolute Gasteiger partial charge is 0.311 e. The van der Waals surface area contributed by atoms with Gasteiger partial charge in [0.25, 0.3) is 6.71 Å². The average Bonchev–Trinajstić information content (AvgIpc) is 3.38. The molecule has 2 aliphatic rings. The van der Waals surface area contributed by atoms with Crippen molar-refractivity contribution in [3.8, 4) is 22.3 Å². The second-order valence-electron chi connectivity index (χ2n) is 24.7. The number of fused-ring (bicyclic) bond motifs is 4. The molecule has 0 N–H and O–H groups in total. The molecule has 9 aromatic carbocycles. The van der Waals surface area contributed by atoms with Crippen LogP contribution in [0.1, 0.15) is 105 Å². The second kappa shape index (κ2) is 18.1. The molecule has 0 saturated carbocycles. The molecule has 0 radical (unpaired) electrons. The molecule has 0 bridgehead atoms. The van der Waals surface area contributed by atoms with Crippen LogP contribution in [0.3, 0.4) is 0 Å². The Hall–Kier alpha value is -7.56. The first-order valence-corrected chi connectivity index (χ1v) is 26.6. The molecular weight excluding hydrogens is 894 g/mol. The molecule has 368 valence electrons. The molecule has 2 aliphatic heterocycles. The van der Waals surface area contributed by atoms with E-state index in [4.69, 9.17) is 0 Å². The summed E-state index contributed by atoms with van der Waals surface area (Å²) in [6, 6.07) is 78.1. The summed E-state index contributed by atoms with van der Waals surface area (Å²) >= 11 is 0. The van der Waals surface area contributed by atoms with E-state index >= 15 is 0 Å². The Bertz CT molecular complexity index is 3300. The van der Waals surface area contributed by atoms with Crippen LogP contribution in [0, 0.1) is 0 Å². The monoisotopic (exact) mass is 964 g/mol. The Morgan fingerprint density at radius 2 is 0.662 bits per heavy atom. The van der Waals surface area contributed by atoms with Crippen LogP contribution in [0.5, 0.6) is 0 Å². The van der Waals surface area contributed by atoms with Gasteiger partial charge in [-0.15, -0.1) is 0 Å². The minimum absolute atomic E-state index is 0.000421. The van der Waals surface area contributed by atoms with Gasteiger partial charge < -0.3 is 14.7 Å². The van der Waals surface area contributed by atoms with E-state index in [0.717, 1.165) is 50.7 Å².